The van der Waals surface area contributed by atoms with E-state index in [1.165, 1.54) is 0 Å². The number of amides is 3. The van der Waals surface area contributed by atoms with Crippen molar-refractivity contribution >= 4 is 17.6 Å². The molecule has 1 aliphatic heterocycles. The second-order valence-electron chi connectivity index (χ2n) is 7.83. The highest BCUT2D eigenvalue weighted by atomic mass is 16.5. The second-order valence-corrected chi connectivity index (χ2v) is 7.83. The fourth-order valence-corrected chi connectivity index (χ4v) is 3.82. The Bertz CT molecular complexity index is 905. The first-order chi connectivity index (χ1) is 16.0. The Kier molecular flexibility index (Phi) is 8.77. The van der Waals surface area contributed by atoms with Gasteiger partial charge in [0, 0.05) is 31.4 Å². The number of nitrogens with zero attached hydrogens (tertiary/aromatic N) is 1. The van der Waals surface area contributed by atoms with Crippen molar-refractivity contribution in [3.8, 4) is 17.2 Å². The van der Waals surface area contributed by atoms with Crippen molar-refractivity contribution in [1.82, 2.24) is 15.5 Å². The number of piperidine rings is 1. The number of para-hydroxylation sites is 1. The van der Waals surface area contributed by atoms with Crippen LogP contribution in [0.5, 0.6) is 17.2 Å². The first-order valence-corrected chi connectivity index (χ1v) is 10.9. The Morgan fingerprint density at radius 2 is 1.61 bits per heavy atom. The van der Waals surface area contributed by atoms with E-state index in [9.17, 15) is 9.59 Å². The molecule has 9 heteroatoms. The van der Waals surface area contributed by atoms with Gasteiger partial charge in [0.2, 0.25) is 11.7 Å². The van der Waals surface area contributed by atoms with Crippen molar-refractivity contribution in [2.24, 2.45) is 0 Å². The van der Waals surface area contributed by atoms with Gasteiger partial charge in [-0.15, -0.1) is 0 Å². The summed E-state index contributed by atoms with van der Waals surface area (Å²) in [5, 5.41) is 8.80. The van der Waals surface area contributed by atoms with E-state index in [2.05, 4.69) is 20.9 Å². The zero-order valence-electron chi connectivity index (χ0n) is 19.3. The van der Waals surface area contributed by atoms with Crippen LogP contribution in [0.25, 0.3) is 0 Å². The largest absolute Gasteiger partial charge is 0.493 e. The number of likely N-dealkylation sites (tertiary alicyclic amines) is 1. The van der Waals surface area contributed by atoms with E-state index < -0.39 is 0 Å². The molecule has 0 atom stereocenters. The number of benzene rings is 2. The number of ether oxygens (including phenoxy) is 3. The Morgan fingerprint density at radius 1 is 0.970 bits per heavy atom. The first kappa shape index (κ1) is 24.2. The van der Waals surface area contributed by atoms with Gasteiger partial charge in [-0.25, -0.2) is 4.79 Å². The van der Waals surface area contributed by atoms with Crippen molar-refractivity contribution in [3.05, 3.63) is 48.0 Å². The molecule has 0 aromatic heterocycles. The summed E-state index contributed by atoms with van der Waals surface area (Å²) in [6.07, 6.45) is 1.58. The van der Waals surface area contributed by atoms with Crippen molar-refractivity contribution in [2.45, 2.75) is 25.4 Å². The molecule has 3 N–H and O–H groups in total. The lowest BCUT2D eigenvalue weighted by Crippen LogP contribution is -2.48. The molecule has 3 rings (SSSR count). The number of nitrogens with one attached hydrogen (secondary N) is 3. The number of urea groups is 1. The van der Waals surface area contributed by atoms with Gasteiger partial charge in [0.1, 0.15) is 0 Å². The zero-order valence-corrected chi connectivity index (χ0v) is 19.3. The highest BCUT2D eigenvalue weighted by Crippen LogP contribution is 2.38. The second kappa shape index (κ2) is 12.0. The number of methoxy groups -OCH3 is 3. The fourth-order valence-electron chi connectivity index (χ4n) is 3.82. The summed E-state index contributed by atoms with van der Waals surface area (Å²) in [6.45, 7) is 2.16. The van der Waals surface area contributed by atoms with Gasteiger partial charge in [-0.2, -0.15) is 0 Å². The van der Waals surface area contributed by atoms with Gasteiger partial charge in [0.05, 0.1) is 27.9 Å². The Morgan fingerprint density at radius 3 is 2.18 bits per heavy atom. The van der Waals surface area contributed by atoms with E-state index >= 15 is 0 Å². The smallest absolute Gasteiger partial charge is 0.315 e. The number of carbonyl (C=O) groups is 2. The number of rotatable bonds is 9. The molecule has 9 nitrogen and oxygen atoms in total. The summed E-state index contributed by atoms with van der Waals surface area (Å²) in [6, 6.07) is 12.9. The summed E-state index contributed by atoms with van der Waals surface area (Å²) in [7, 11) is 4.66. The molecule has 1 fully saturated rings. The molecule has 0 unspecified atom stereocenters. The number of anilines is 1. The lowest BCUT2D eigenvalue weighted by atomic mass is 10.1. The Hall–Kier alpha value is -3.46. The van der Waals surface area contributed by atoms with E-state index in [0.717, 1.165) is 37.2 Å². The van der Waals surface area contributed by atoms with E-state index in [4.69, 9.17) is 14.2 Å². The summed E-state index contributed by atoms with van der Waals surface area (Å²) in [5.74, 6) is 1.56. The highest BCUT2D eigenvalue weighted by molar-refractivity contribution is 5.92. The van der Waals surface area contributed by atoms with Gasteiger partial charge in [0.15, 0.2) is 11.5 Å². The molecule has 33 heavy (non-hydrogen) atoms. The molecule has 1 aliphatic rings. The summed E-state index contributed by atoms with van der Waals surface area (Å²) in [4.78, 5) is 26.7. The van der Waals surface area contributed by atoms with E-state index in [0.29, 0.717) is 30.3 Å². The summed E-state index contributed by atoms with van der Waals surface area (Å²) < 4.78 is 16.0. The van der Waals surface area contributed by atoms with Gasteiger partial charge < -0.3 is 30.2 Å². The quantitative estimate of drug-likeness (QED) is 0.536. The molecular weight excluding hydrogens is 424 g/mol. The Labute approximate surface area is 194 Å². The lowest BCUT2D eigenvalue weighted by Gasteiger charge is -2.31. The van der Waals surface area contributed by atoms with Crippen LogP contribution in [0.4, 0.5) is 10.5 Å². The van der Waals surface area contributed by atoms with Crippen LogP contribution in [-0.2, 0) is 11.3 Å². The molecule has 1 saturated heterocycles. The molecule has 3 amide bonds. The number of carbonyl (C=O) groups excluding carboxylic acids is 2. The van der Waals surface area contributed by atoms with Crippen LogP contribution in [0.3, 0.4) is 0 Å². The van der Waals surface area contributed by atoms with E-state index in [-0.39, 0.29) is 18.0 Å². The van der Waals surface area contributed by atoms with Crippen LogP contribution in [0.2, 0.25) is 0 Å². The van der Waals surface area contributed by atoms with Crippen molar-refractivity contribution in [3.63, 3.8) is 0 Å². The van der Waals surface area contributed by atoms with Crippen LogP contribution >= 0.6 is 0 Å². The van der Waals surface area contributed by atoms with E-state index in [1.807, 2.05) is 30.3 Å². The number of hydrogen-bond acceptors (Lipinski definition) is 6. The van der Waals surface area contributed by atoms with Crippen LogP contribution < -0.4 is 30.2 Å². The van der Waals surface area contributed by atoms with Gasteiger partial charge in [-0.3, -0.25) is 9.69 Å². The van der Waals surface area contributed by atoms with Crippen molar-refractivity contribution in [1.29, 1.82) is 0 Å². The molecule has 1 heterocycles. The molecule has 0 aliphatic carbocycles. The molecule has 178 valence electrons. The zero-order chi connectivity index (χ0) is 23.6. The predicted molar refractivity (Wildman–Crippen MR) is 126 cm³/mol. The van der Waals surface area contributed by atoms with Gasteiger partial charge in [0.25, 0.3) is 0 Å². The van der Waals surface area contributed by atoms with Gasteiger partial charge in [-0.1, -0.05) is 18.2 Å². The summed E-state index contributed by atoms with van der Waals surface area (Å²) >= 11 is 0. The normalized spacial score (nSPS) is 14.3. The minimum atomic E-state index is -0.232. The number of hydrogen-bond donors (Lipinski definition) is 3. The molecule has 0 saturated carbocycles. The SMILES string of the molecule is COc1cc(CNC(=O)NC2CCN(CC(=O)Nc3ccccc3)CC2)cc(OC)c1OC. The molecular formula is C24H32N4O5. The predicted octanol–water partition coefficient (Wildman–Crippen LogP) is 2.61. The van der Waals surface area contributed by atoms with Crippen molar-refractivity contribution < 1.29 is 23.8 Å². The standard InChI is InChI=1S/C24H32N4O5/c1-31-20-13-17(14-21(32-2)23(20)33-3)15-25-24(30)27-19-9-11-28(12-10-19)16-22(29)26-18-7-5-4-6-8-18/h4-8,13-14,19H,9-12,15-16H2,1-3H3,(H,26,29)(H2,25,27,30). The van der Waals surface area contributed by atoms with Crippen LogP contribution in [0, 0.1) is 0 Å². The van der Waals surface area contributed by atoms with Gasteiger partial charge in [-0.05, 0) is 42.7 Å². The maximum absolute atomic E-state index is 12.4. The lowest BCUT2D eigenvalue weighted by molar-refractivity contribution is -0.117. The van der Waals surface area contributed by atoms with Crippen molar-refractivity contribution in [2.75, 3.05) is 46.3 Å². The first-order valence-electron chi connectivity index (χ1n) is 10.9. The molecule has 0 spiro atoms. The third-order valence-corrected chi connectivity index (χ3v) is 5.53. The molecule has 0 radical (unpaired) electrons. The topological polar surface area (TPSA) is 101 Å². The average Bonchev–Trinajstić information content (AvgIpc) is 2.83. The maximum Gasteiger partial charge on any atom is 0.315 e. The third-order valence-electron chi connectivity index (χ3n) is 5.53. The molecule has 0 bridgehead atoms. The molecule has 2 aromatic carbocycles. The monoisotopic (exact) mass is 456 g/mol. The van der Waals surface area contributed by atoms with Crippen LogP contribution in [0.15, 0.2) is 42.5 Å². The van der Waals surface area contributed by atoms with E-state index in [1.54, 1.807) is 33.5 Å². The maximum atomic E-state index is 12.4. The fraction of sp³-hybridized carbons (Fsp3) is 0.417. The van der Waals surface area contributed by atoms with Crippen LogP contribution in [0.1, 0.15) is 18.4 Å². The molecule has 2 aromatic rings. The third kappa shape index (κ3) is 7.01. The van der Waals surface area contributed by atoms with Crippen LogP contribution in [-0.4, -0.2) is 63.8 Å². The Balaban J connectivity index is 1.41. The average molecular weight is 457 g/mol. The summed E-state index contributed by atoms with van der Waals surface area (Å²) in [5.41, 5.74) is 1.63. The highest BCUT2D eigenvalue weighted by Gasteiger charge is 2.22. The minimum absolute atomic E-state index is 0.0318. The van der Waals surface area contributed by atoms with Gasteiger partial charge >= 0.3 is 6.03 Å². The minimum Gasteiger partial charge on any atom is -0.493 e.